The number of piperidine rings is 1. The third kappa shape index (κ3) is 15.4. The van der Waals surface area contributed by atoms with Gasteiger partial charge in [0.15, 0.2) is 8.32 Å². The number of halogens is 1. The van der Waals surface area contributed by atoms with Gasteiger partial charge in [-0.1, -0.05) is 95.1 Å². The van der Waals surface area contributed by atoms with Crippen molar-refractivity contribution in [3.05, 3.63) is 70.7 Å². The van der Waals surface area contributed by atoms with E-state index in [1.807, 2.05) is 94.1 Å². The maximum Gasteiger partial charge on any atom is 0.407 e. The Kier molecular flexibility index (Phi) is 18.4. The van der Waals surface area contributed by atoms with Crippen LogP contribution in [0.15, 0.2) is 54.6 Å². The van der Waals surface area contributed by atoms with E-state index in [1.54, 1.807) is 7.11 Å². The quantitative estimate of drug-likeness (QED) is 0.0968. The zero-order chi connectivity index (χ0) is 41.7. The van der Waals surface area contributed by atoms with Crippen LogP contribution < -0.4 is 16.0 Å². The van der Waals surface area contributed by atoms with E-state index in [1.165, 1.54) is 0 Å². The molecular formula is C44H71ClN4O6Si. The van der Waals surface area contributed by atoms with E-state index >= 15 is 0 Å². The van der Waals surface area contributed by atoms with Crippen molar-refractivity contribution >= 4 is 37.8 Å². The Bertz CT molecular complexity index is 1520. The monoisotopic (exact) mass is 814 g/mol. The molecule has 0 unspecified atom stereocenters. The number of benzene rings is 2. The van der Waals surface area contributed by atoms with Crippen molar-refractivity contribution in [3.63, 3.8) is 0 Å². The maximum absolute atomic E-state index is 14.8. The summed E-state index contributed by atoms with van der Waals surface area (Å²) in [6.07, 6.45) is 2.42. The van der Waals surface area contributed by atoms with Crippen molar-refractivity contribution in [1.29, 1.82) is 0 Å². The van der Waals surface area contributed by atoms with Crippen LogP contribution >= 0.6 is 11.6 Å². The molecule has 1 aliphatic heterocycles. The molecule has 0 aromatic heterocycles. The number of hydrogen-bond donors (Lipinski definition) is 3. The Hall–Kier alpha value is -2.96. The summed E-state index contributed by atoms with van der Waals surface area (Å²) < 4.78 is 18.2. The summed E-state index contributed by atoms with van der Waals surface area (Å²) in [5.74, 6) is -0.974. The highest BCUT2D eigenvalue weighted by Crippen LogP contribution is 2.39. The van der Waals surface area contributed by atoms with Crippen molar-refractivity contribution in [2.75, 3.05) is 33.4 Å². The Morgan fingerprint density at radius 1 is 0.929 bits per heavy atom. The molecule has 3 N–H and O–H groups in total. The van der Waals surface area contributed by atoms with E-state index in [0.717, 1.165) is 36.9 Å². The van der Waals surface area contributed by atoms with Crippen molar-refractivity contribution in [3.8, 4) is 0 Å². The fourth-order valence-electron chi connectivity index (χ4n) is 6.78. The lowest BCUT2D eigenvalue weighted by molar-refractivity contribution is -0.140. The van der Waals surface area contributed by atoms with E-state index in [0.29, 0.717) is 43.6 Å². The smallest absolute Gasteiger partial charge is 0.407 e. The van der Waals surface area contributed by atoms with Crippen LogP contribution in [0.1, 0.15) is 92.2 Å². The van der Waals surface area contributed by atoms with Gasteiger partial charge in [-0.2, -0.15) is 0 Å². The Balaban J connectivity index is 2.03. The number of rotatable bonds is 19. The maximum atomic E-state index is 14.8. The van der Waals surface area contributed by atoms with Crippen LogP contribution in [0.3, 0.4) is 0 Å². The minimum absolute atomic E-state index is 0.0489. The van der Waals surface area contributed by atoms with Gasteiger partial charge in [0.05, 0.1) is 18.8 Å². The molecule has 1 aliphatic rings. The summed E-state index contributed by atoms with van der Waals surface area (Å²) >= 11 is 6.48. The third-order valence-corrected chi connectivity index (χ3v) is 16.0. The molecule has 5 atom stereocenters. The molecule has 3 rings (SSSR count). The van der Waals surface area contributed by atoms with Gasteiger partial charge in [0.25, 0.3) is 0 Å². The van der Waals surface area contributed by atoms with Gasteiger partial charge in [-0.25, -0.2) is 4.79 Å². The van der Waals surface area contributed by atoms with Gasteiger partial charge in [-0.3, -0.25) is 9.59 Å². The van der Waals surface area contributed by atoms with E-state index in [-0.39, 0.29) is 29.2 Å². The van der Waals surface area contributed by atoms with Gasteiger partial charge in [0.2, 0.25) is 11.8 Å². The van der Waals surface area contributed by atoms with Crippen molar-refractivity contribution in [1.82, 2.24) is 20.9 Å². The van der Waals surface area contributed by atoms with Crippen LogP contribution in [0.5, 0.6) is 0 Å². The molecule has 0 aliphatic carbocycles. The van der Waals surface area contributed by atoms with Gasteiger partial charge >= 0.3 is 6.09 Å². The molecule has 1 heterocycles. The second-order valence-electron chi connectivity index (χ2n) is 18.0. The van der Waals surface area contributed by atoms with E-state index in [9.17, 15) is 14.4 Å². The molecule has 1 fully saturated rings. The van der Waals surface area contributed by atoms with Crippen LogP contribution in [0.4, 0.5) is 4.79 Å². The molecule has 1 saturated heterocycles. The highest BCUT2D eigenvalue weighted by molar-refractivity contribution is 6.74. The summed E-state index contributed by atoms with van der Waals surface area (Å²) in [6.45, 7) is 23.2. The number of hydrogen-bond acceptors (Lipinski definition) is 7. The van der Waals surface area contributed by atoms with Crippen molar-refractivity contribution in [2.24, 2.45) is 11.8 Å². The fourth-order valence-corrected chi connectivity index (χ4v) is 8.37. The SMILES string of the molecule is CC[C@H](C)[C@H](NC(=O)[C@@H](Cc1cccc(Cl)c1)C[C@@H](O[Si](C)(C)C(C)(C)C)[C@H](Cc1ccccc1)NC(=O)OC(C)(C)C)C(=O)N1CCC(NCCOC)CC1. The Morgan fingerprint density at radius 2 is 1.57 bits per heavy atom. The molecule has 12 heteroatoms. The lowest BCUT2D eigenvalue weighted by atomic mass is 9.87. The van der Waals surface area contributed by atoms with Crippen molar-refractivity contribution in [2.45, 2.75) is 142 Å². The molecule has 2 aromatic carbocycles. The molecule has 56 heavy (non-hydrogen) atoms. The normalized spacial score (nSPS) is 17.0. The molecule has 0 radical (unpaired) electrons. The summed E-state index contributed by atoms with van der Waals surface area (Å²) in [6, 6.07) is 16.7. The number of methoxy groups -OCH3 is 1. The number of amides is 3. The first kappa shape index (κ1) is 47.4. The molecule has 314 valence electrons. The number of likely N-dealkylation sites (tertiary alicyclic amines) is 1. The predicted molar refractivity (Wildman–Crippen MR) is 230 cm³/mol. The minimum Gasteiger partial charge on any atom is -0.444 e. The van der Waals surface area contributed by atoms with Gasteiger partial charge in [-0.05, 0) is 100 Å². The van der Waals surface area contributed by atoms with Crippen molar-refractivity contribution < 1.29 is 28.3 Å². The largest absolute Gasteiger partial charge is 0.444 e. The number of carbonyl (C=O) groups is 3. The zero-order valence-corrected chi connectivity index (χ0v) is 37.8. The molecule has 2 aromatic rings. The number of alkyl carbamates (subject to hydrolysis) is 1. The average Bonchev–Trinajstić information content (AvgIpc) is 3.12. The third-order valence-electron chi connectivity index (χ3n) is 11.3. The molecule has 0 bridgehead atoms. The standard InChI is InChI=1S/C44H71ClN4O6Si/c1-12-31(2)39(41(51)49-24-21-36(22-25-49)46-23-26-53-9)48-40(50)34(27-33-19-16-20-35(45)28-33)30-38(55-56(10,11)44(6,7)8)37(29-32-17-14-13-15-18-32)47-42(52)54-43(3,4)5/h13-20,28,31,34,36-39,46H,12,21-27,29-30H2,1-11H3,(H,47,52)(H,48,50)/t31-,34-,37-,38+,39-/m0/s1. The first-order chi connectivity index (χ1) is 26.2. The first-order valence-electron chi connectivity index (χ1n) is 20.5. The molecular weight excluding hydrogens is 744 g/mol. The summed E-state index contributed by atoms with van der Waals surface area (Å²) in [5, 5.41) is 10.4. The lowest BCUT2D eigenvalue weighted by Crippen LogP contribution is -2.57. The molecule has 10 nitrogen and oxygen atoms in total. The average molecular weight is 816 g/mol. The number of nitrogens with one attached hydrogen (secondary N) is 3. The Labute approximate surface area is 343 Å². The summed E-state index contributed by atoms with van der Waals surface area (Å²) in [7, 11) is -0.787. The van der Waals surface area contributed by atoms with Crippen LogP contribution in [0.25, 0.3) is 0 Å². The number of carbonyl (C=O) groups excluding carboxylic acids is 3. The zero-order valence-electron chi connectivity index (χ0n) is 36.0. The van der Waals surface area contributed by atoms with Gasteiger partial charge < -0.3 is 34.8 Å². The lowest BCUT2D eigenvalue weighted by Gasteiger charge is -2.42. The van der Waals surface area contributed by atoms with E-state index < -0.39 is 44.1 Å². The van der Waals surface area contributed by atoms with Gasteiger partial charge in [0.1, 0.15) is 11.6 Å². The van der Waals surface area contributed by atoms with Crippen LogP contribution in [0.2, 0.25) is 23.2 Å². The fraction of sp³-hybridized carbons (Fsp3) is 0.659. The minimum atomic E-state index is -2.48. The second kappa shape index (κ2) is 21.7. The summed E-state index contributed by atoms with van der Waals surface area (Å²) in [5.41, 5.74) is 1.21. The first-order valence-corrected chi connectivity index (χ1v) is 23.8. The molecule has 3 amide bonds. The highest BCUT2D eigenvalue weighted by Gasteiger charge is 2.43. The van der Waals surface area contributed by atoms with Gasteiger partial charge in [-0.15, -0.1) is 0 Å². The van der Waals surface area contributed by atoms with Gasteiger partial charge in [0, 0.05) is 43.7 Å². The highest BCUT2D eigenvalue weighted by atomic mass is 35.5. The van der Waals surface area contributed by atoms with Crippen LogP contribution in [-0.4, -0.2) is 94.3 Å². The second-order valence-corrected chi connectivity index (χ2v) is 23.2. The number of ether oxygens (including phenoxy) is 2. The molecule has 0 spiro atoms. The van der Waals surface area contributed by atoms with E-state index in [4.69, 9.17) is 25.5 Å². The number of nitrogens with zero attached hydrogens (tertiary/aromatic N) is 1. The van der Waals surface area contributed by atoms with E-state index in [2.05, 4.69) is 49.8 Å². The Morgan fingerprint density at radius 3 is 2.14 bits per heavy atom. The van der Waals surface area contributed by atoms with Crippen LogP contribution in [0, 0.1) is 11.8 Å². The predicted octanol–water partition coefficient (Wildman–Crippen LogP) is 8.17. The molecule has 0 saturated carbocycles. The summed E-state index contributed by atoms with van der Waals surface area (Å²) in [4.78, 5) is 44.5. The van der Waals surface area contributed by atoms with Crippen LogP contribution in [-0.2, 0) is 36.3 Å². The topological polar surface area (TPSA) is 118 Å².